The fraction of sp³-hybridized carbons (Fsp3) is 0.278. The summed E-state index contributed by atoms with van der Waals surface area (Å²) in [5, 5.41) is 20.7. The summed E-state index contributed by atoms with van der Waals surface area (Å²) in [4.78, 5) is 18.1. The van der Waals surface area contributed by atoms with Crippen LogP contribution in [0.3, 0.4) is 0 Å². The molecule has 1 amide bonds. The van der Waals surface area contributed by atoms with Crippen LogP contribution >= 0.6 is 0 Å². The van der Waals surface area contributed by atoms with Crippen molar-refractivity contribution in [3.63, 3.8) is 0 Å². The van der Waals surface area contributed by atoms with Crippen LogP contribution in [0.2, 0.25) is 0 Å². The lowest BCUT2D eigenvalue weighted by molar-refractivity contribution is -0.116. The molecular weight excluding hydrogens is 304 g/mol. The molecule has 0 radical (unpaired) electrons. The second-order valence-corrected chi connectivity index (χ2v) is 5.35. The van der Waals surface area contributed by atoms with Gasteiger partial charge >= 0.3 is 0 Å². The average molecular weight is 324 g/mol. The smallest absolute Gasteiger partial charge is 0.225 e. The highest BCUT2D eigenvalue weighted by atomic mass is 16.3. The number of hydrogen-bond acceptors (Lipinski definition) is 5. The number of amides is 1. The van der Waals surface area contributed by atoms with Crippen molar-refractivity contribution in [2.75, 3.05) is 25.0 Å². The molecule has 2 rings (SSSR count). The van der Waals surface area contributed by atoms with Gasteiger partial charge in [-0.3, -0.25) is 14.7 Å². The molecule has 2 aromatic rings. The normalized spacial score (nSPS) is 10.4. The summed E-state index contributed by atoms with van der Waals surface area (Å²) in [5.74, 6) is -0.103. The van der Waals surface area contributed by atoms with E-state index < -0.39 is 0 Å². The number of nitrogens with one attached hydrogen (secondary N) is 1. The van der Waals surface area contributed by atoms with Crippen LogP contribution < -0.4 is 5.32 Å². The van der Waals surface area contributed by atoms with Gasteiger partial charge in [0, 0.05) is 44.1 Å². The predicted octanol–water partition coefficient (Wildman–Crippen LogP) is 1.78. The molecule has 24 heavy (non-hydrogen) atoms. The summed E-state index contributed by atoms with van der Waals surface area (Å²) < 4.78 is 0. The van der Waals surface area contributed by atoms with Gasteiger partial charge in [-0.1, -0.05) is 6.07 Å². The molecule has 2 N–H and O–H groups in total. The lowest BCUT2D eigenvalue weighted by atomic mass is 10.2. The molecular formula is C18H20N4O2. The molecule has 0 aliphatic heterocycles. The number of carbonyl (C=O) groups is 1. The standard InChI is InChI=1S/C18H20N4O2/c19-12-15-3-5-17(6-4-15)21-18(24)7-9-22(10-11-23)14-16-2-1-8-20-13-16/h1-6,8,13,23H,7,9-11,14H2,(H,21,24). The highest BCUT2D eigenvalue weighted by Crippen LogP contribution is 2.10. The number of aliphatic hydroxyl groups is 1. The number of aromatic nitrogens is 1. The Morgan fingerprint density at radius 1 is 1.25 bits per heavy atom. The maximum Gasteiger partial charge on any atom is 0.225 e. The van der Waals surface area contributed by atoms with Gasteiger partial charge in [0.15, 0.2) is 0 Å². The first-order valence-electron chi connectivity index (χ1n) is 7.73. The van der Waals surface area contributed by atoms with Crippen LogP contribution in [-0.4, -0.2) is 40.6 Å². The lowest BCUT2D eigenvalue weighted by Gasteiger charge is -2.21. The highest BCUT2D eigenvalue weighted by Gasteiger charge is 2.09. The van der Waals surface area contributed by atoms with Crippen molar-refractivity contribution in [3.8, 4) is 6.07 Å². The molecule has 124 valence electrons. The van der Waals surface area contributed by atoms with E-state index in [9.17, 15) is 9.90 Å². The molecule has 0 bridgehead atoms. The van der Waals surface area contributed by atoms with Gasteiger partial charge < -0.3 is 10.4 Å². The minimum Gasteiger partial charge on any atom is -0.395 e. The third-order valence-electron chi connectivity index (χ3n) is 3.50. The molecule has 0 saturated carbocycles. The highest BCUT2D eigenvalue weighted by molar-refractivity contribution is 5.90. The van der Waals surface area contributed by atoms with Gasteiger partial charge in [0.05, 0.1) is 18.2 Å². The Bertz CT molecular complexity index is 680. The zero-order valence-corrected chi connectivity index (χ0v) is 13.4. The summed E-state index contributed by atoms with van der Waals surface area (Å²) in [6, 6.07) is 12.6. The Labute approximate surface area is 141 Å². The van der Waals surface area contributed by atoms with Crippen LogP contribution in [0.4, 0.5) is 5.69 Å². The summed E-state index contributed by atoms with van der Waals surface area (Å²) in [7, 11) is 0. The number of anilines is 1. The Morgan fingerprint density at radius 2 is 2.04 bits per heavy atom. The van der Waals surface area contributed by atoms with Crippen molar-refractivity contribution < 1.29 is 9.90 Å². The van der Waals surface area contributed by atoms with Gasteiger partial charge in [-0.15, -0.1) is 0 Å². The average Bonchev–Trinajstić information content (AvgIpc) is 2.61. The number of hydrogen-bond donors (Lipinski definition) is 2. The van der Waals surface area contributed by atoms with Gasteiger partial charge in [0.2, 0.25) is 5.91 Å². The quantitative estimate of drug-likeness (QED) is 0.772. The molecule has 0 spiro atoms. The van der Waals surface area contributed by atoms with E-state index in [4.69, 9.17) is 5.26 Å². The molecule has 1 aromatic carbocycles. The number of nitriles is 1. The predicted molar refractivity (Wildman–Crippen MR) is 91.0 cm³/mol. The first-order chi connectivity index (χ1) is 11.7. The van der Waals surface area contributed by atoms with E-state index in [1.165, 1.54) is 0 Å². The maximum absolute atomic E-state index is 12.1. The second kappa shape index (κ2) is 9.40. The largest absolute Gasteiger partial charge is 0.395 e. The van der Waals surface area contributed by atoms with Crippen molar-refractivity contribution in [1.29, 1.82) is 5.26 Å². The maximum atomic E-state index is 12.1. The third kappa shape index (κ3) is 5.80. The van der Waals surface area contributed by atoms with Crippen LogP contribution in [0.25, 0.3) is 0 Å². The van der Waals surface area contributed by atoms with Crippen LogP contribution in [0.15, 0.2) is 48.8 Å². The monoisotopic (exact) mass is 324 g/mol. The van der Waals surface area contributed by atoms with E-state index in [0.29, 0.717) is 37.3 Å². The molecule has 1 aromatic heterocycles. The zero-order chi connectivity index (χ0) is 17.2. The molecule has 0 fully saturated rings. The number of rotatable bonds is 8. The number of pyridine rings is 1. The van der Waals surface area contributed by atoms with E-state index in [1.54, 1.807) is 36.7 Å². The first kappa shape index (κ1) is 17.6. The SMILES string of the molecule is N#Cc1ccc(NC(=O)CCN(CCO)Cc2cccnc2)cc1. The van der Waals surface area contributed by atoms with Crippen LogP contribution in [0.5, 0.6) is 0 Å². The van der Waals surface area contributed by atoms with Crippen LogP contribution in [-0.2, 0) is 11.3 Å². The van der Waals surface area contributed by atoms with E-state index in [-0.39, 0.29) is 12.5 Å². The third-order valence-corrected chi connectivity index (χ3v) is 3.50. The van der Waals surface area contributed by atoms with Crippen LogP contribution in [0.1, 0.15) is 17.5 Å². The molecule has 6 nitrogen and oxygen atoms in total. The summed E-state index contributed by atoms with van der Waals surface area (Å²) in [6.07, 6.45) is 3.81. The van der Waals surface area contributed by atoms with Gasteiger partial charge in [-0.2, -0.15) is 5.26 Å². The van der Waals surface area contributed by atoms with Gasteiger partial charge in [0.25, 0.3) is 0 Å². The van der Waals surface area contributed by atoms with E-state index >= 15 is 0 Å². The zero-order valence-electron chi connectivity index (χ0n) is 13.4. The first-order valence-corrected chi connectivity index (χ1v) is 7.73. The summed E-state index contributed by atoms with van der Waals surface area (Å²) in [5.41, 5.74) is 2.26. The molecule has 0 atom stereocenters. The fourth-order valence-corrected chi connectivity index (χ4v) is 2.27. The summed E-state index contributed by atoms with van der Waals surface area (Å²) in [6.45, 7) is 1.71. The van der Waals surface area contributed by atoms with Crippen molar-refractivity contribution in [3.05, 3.63) is 59.9 Å². The Kier molecular flexibility index (Phi) is 6.90. The van der Waals surface area contributed by atoms with Crippen molar-refractivity contribution in [2.24, 2.45) is 0 Å². The molecule has 1 heterocycles. The molecule has 0 aliphatic carbocycles. The Morgan fingerprint density at radius 3 is 2.67 bits per heavy atom. The molecule has 6 heteroatoms. The van der Waals surface area contributed by atoms with E-state index in [2.05, 4.69) is 10.3 Å². The number of aliphatic hydroxyl groups excluding tert-OH is 1. The topological polar surface area (TPSA) is 89.2 Å². The minimum atomic E-state index is -0.103. The number of carbonyl (C=O) groups excluding carboxylic acids is 1. The fourth-order valence-electron chi connectivity index (χ4n) is 2.27. The van der Waals surface area contributed by atoms with Crippen molar-refractivity contribution >= 4 is 11.6 Å². The minimum absolute atomic E-state index is 0.0392. The lowest BCUT2D eigenvalue weighted by Crippen LogP contribution is -2.30. The second-order valence-electron chi connectivity index (χ2n) is 5.35. The number of nitrogens with zero attached hydrogens (tertiary/aromatic N) is 3. The number of benzene rings is 1. The van der Waals surface area contributed by atoms with Gasteiger partial charge in [0.1, 0.15) is 0 Å². The van der Waals surface area contributed by atoms with E-state index in [0.717, 1.165) is 5.56 Å². The molecule has 0 aliphatic rings. The van der Waals surface area contributed by atoms with Crippen LogP contribution in [0, 0.1) is 11.3 Å². The Balaban J connectivity index is 1.84. The molecule has 0 saturated heterocycles. The van der Waals surface area contributed by atoms with Crippen molar-refractivity contribution in [2.45, 2.75) is 13.0 Å². The molecule has 0 unspecified atom stereocenters. The van der Waals surface area contributed by atoms with Gasteiger partial charge in [-0.05, 0) is 35.9 Å². The Hall–Kier alpha value is -2.75. The van der Waals surface area contributed by atoms with Crippen molar-refractivity contribution in [1.82, 2.24) is 9.88 Å². The van der Waals surface area contributed by atoms with Gasteiger partial charge in [-0.25, -0.2) is 0 Å². The van der Waals surface area contributed by atoms with E-state index in [1.807, 2.05) is 23.1 Å². The summed E-state index contributed by atoms with van der Waals surface area (Å²) >= 11 is 0.